The highest BCUT2D eigenvalue weighted by molar-refractivity contribution is 7.09. The molecule has 0 fully saturated rings. The van der Waals surface area contributed by atoms with Crippen molar-refractivity contribution in [1.29, 1.82) is 0 Å². The van der Waals surface area contributed by atoms with Gasteiger partial charge in [0.2, 0.25) is 0 Å². The van der Waals surface area contributed by atoms with Crippen LogP contribution in [0.25, 0.3) is 0 Å². The van der Waals surface area contributed by atoms with Gasteiger partial charge in [0.25, 0.3) is 5.91 Å². The van der Waals surface area contributed by atoms with Crippen molar-refractivity contribution < 1.29 is 4.79 Å². The molecule has 1 N–H and O–H groups in total. The quantitative estimate of drug-likeness (QED) is 0.754. The van der Waals surface area contributed by atoms with Gasteiger partial charge in [-0.25, -0.2) is 0 Å². The van der Waals surface area contributed by atoms with Crippen LogP contribution in [0, 0.1) is 0 Å². The fourth-order valence-electron chi connectivity index (χ4n) is 2.54. The Kier molecular flexibility index (Phi) is 4.88. The molecule has 3 aromatic rings. The molecule has 0 aliphatic heterocycles. The zero-order valence-corrected chi connectivity index (χ0v) is 13.8. The highest BCUT2D eigenvalue weighted by Crippen LogP contribution is 2.13. The summed E-state index contributed by atoms with van der Waals surface area (Å²) in [5.74, 6) is -0.0606. The molecule has 2 aromatic heterocycles. The number of thiophene rings is 1. The minimum Gasteiger partial charge on any atom is -0.347 e. The van der Waals surface area contributed by atoms with Gasteiger partial charge in [-0.3, -0.25) is 9.48 Å². The van der Waals surface area contributed by atoms with Crippen molar-refractivity contribution in [2.75, 3.05) is 0 Å². The summed E-state index contributed by atoms with van der Waals surface area (Å²) >= 11 is 1.64. The van der Waals surface area contributed by atoms with Gasteiger partial charge in [-0.05, 0) is 23.4 Å². The van der Waals surface area contributed by atoms with E-state index < -0.39 is 0 Å². The SMILES string of the molecule is CCc1c(C(=O)NCc2cccs2)cnn1Cc1ccccc1. The van der Waals surface area contributed by atoms with Gasteiger partial charge in [0.05, 0.1) is 30.5 Å². The summed E-state index contributed by atoms with van der Waals surface area (Å²) in [5.41, 5.74) is 2.81. The zero-order chi connectivity index (χ0) is 16.1. The van der Waals surface area contributed by atoms with Gasteiger partial charge in [0.15, 0.2) is 0 Å². The molecule has 0 aliphatic carbocycles. The maximum atomic E-state index is 12.4. The molecule has 0 unspecified atom stereocenters. The summed E-state index contributed by atoms with van der Waals surface area (Å²) < 4.78 is 1.91. The van der Waals surface area contributed by atoms with Crippen LogP contribution in [0.5, 0.6) is 0 Å². The van der Waals surface area contributed by atoms with Crippen LogP contribution in [0.4, 0.5) is 0 Å². The van der Waals surface area contributed by atoms with Crippen molar-refractivity contribution in [3.63, 3.8) is 0 Å². The average molecular weight is 325 g/mol. The normalized spacial score (nSPS) is 10.7. The van der Waals surface area contributed by atoms with Crippen molar-refractivity contribution in [2.45, 2.75) is 26.4 Å². The molecule has 0 atom stereocenters. The van der Waals surface area contributed by atoms with Gasteiger partial charge in [-0.15, -0.1) is 11.3 Å². The van der Waals surface area contributed by atoms with Crippen LogP contribution >= 0.6 is 11.3 Å². The summed E-state index contributed by atoms with van der Waals surface area (Å²) in [7, 11) is 0. The molecule has 5 heteroatoms. The summed E-state index contributed by atoms with van der Waals surface area (Å²) in [6.45, 7) is 3.29. The Hall–Kier alpha value is -2.40. The van der Waals surface area contributed by atoms with Crippen LogP contribution in [0.15, 0.2) is 54.0 Å². The van der Waals surface area contributed by atoms with Gasteiger partial charge >= 0.3 is 0 Å². The number of nitrogens with zero attached hydrogens (tertiary/aromatic N) is 2. The number of rotatable bonds is 6. The number of aromatic nitrogens is 2. The molecule has 4 nitrogen and oxygen atoms in total. The van der Waals surface area contributed by atoms with Crippen LogP contribution in [0.2, 0.25) is 0 Å². The number of hydrogen-bond acceptors (Lipinski definition) is 3. The fraction of sp³-hybridized carbons (Fsp3) is 0.222. The maximum absolute atomic E-state index is 12.4. The van der Waals surface area contributed by atoms with Crippen molar-refractivity contribution in [3.05, 3.63) is 75.7 Å². The molecule has 3 rings (SSSR count). The fourth-order valence-corrected chi connectivity index (χ4v) is 3.19. The van der Waals surface area contributed by atoms with Crippen LogP contribution < -0.4 is 5.32 Å². The second kappa shape index (κ2) is 7.24. The monoisotopic (exact) mass is 325 g/mol. The first-order chi connectivity index (χ1) is 11.3. The van der Waals surface area contributed by atoms with E-state index in [1.54, 1.807) is 17.5 Å². The van der Waals surface area contributed by atoms with Crippen LogP contribution in [-0.2, 0) is 19.5 Å². The van der Waals surface area contributed by atoms with E-state index in [1.165, 1.54) is 5.56 Å². The van der Waals surface area contributed by atoms with E-state index in [9.17, 15) is 4.79 Å². The number of carbonyl (C=O) groups is 1. The molecule has 0 radical (unpaired) electrons. The van der Waals surface area contributed by atoms with E-state index in [-0.39, 0.29) is 5.91 Å². The molecule has 23 heavy (non-hydrogen) atoms. The first kappa shape index (κ1) is 15.5. The number of benzene rings is 1. The van der Waals surface area contributed by atoms with Crippen LogP contribution in [0.1, 0.15) is 33.4 Å². The molecule has 0 aliphatic rings. The van der Waals surface area contributed by atoms with E-state index in [1.807, 2.05) is 40.4 Å². The first-order valence-corrected chi connectivity index (χ1v) is 8.55. The summed E-state index contributed by atoms with van der Waals surface area (Å²) in [6.07, 6.45) is 2.44. The third-order valence-corrected chi connectivity index (χ3v) is 4.58. The number of hydrogen-bond donors (Lipinski definition) is 1. The summed E-state index contributed by atoms with van der Waals surface area (Å²) in [6, 6.07) is 14.2. The standard InChI is InChI=1S/C18H19N3OS/c1-2-17-16(18(22)19-11-15-9-6-10-23-15)12-20-21(17)13-14-7-4-3-5-8-14/h3-10,12H,2,11,13H2,1H3,(H,19,22). The van der Waals surface area contributed by atoms with Gasteiger partial charge in [0.1, 0.15) is 0 Å². The highest BCUT2D eigenvalue weighted by atomic mass is 32.1. The van der Waals surface area contributed by atoms with Gasteiger partial charge in [-0.2, -0.15) is 5.10 Å². The average Bonchev–Trinajstić information content (AvgIpc) is 3.23. The van der Waals surface area contributed by atoms with Crippen molar-refractivity contribution >= 4 is 17.2 Å². The lowest BCUT2D eigenvalue weighted by atomic mass is 10.1. The summed E-state index contributed by atoms with van der Waals surface area (Å²) in [5, 5.41) is 9.39. The lowest BCUT2D eigenvalue weighted by Crippen LogP contribution is -2.23. The van der Waals surface area contributed by atoms with Crippen molar-refractivity contribution in [2.24, 2.45) is 0 Å². The van der Waals surface area contributed by atoms with Gasteiger partial charge in [0, 0.05) is 4.88 Å². The second-order valence-electron chi connectivity index (χ2n) is 5.26. The van der Waals surface area contributed by atoms with Crippen molar-refractivity contribution in [3.8, 4) is 0 Å². The smallest absolute Gasteiger partial charge is 0.255 e. The van der Waals surface area contributed by atoms with Gasteiger partial charge in [-0.1, -0.05) is 43.3 Å². The predicted octanol–water partition coefficient (Wildman–Crippen LogP) is 3.49. The molecule has 0 spiro atoms. The molecule has 0 saturated heterocycles. The lowest BCUT2D eigenvalue weighted by molar-refractivity contribution is 0.0950. The highest BCUT2D eigenvalue weighted by Gasteiger charge is 2.16. The Labute approximate surface area is 139 Å². The molecule has 0 saturated carbocycles. The molecule has 2 heterocycles. The number of carbonyl (C=O) groups excluding carboxylic acids is 1. The van der Waals surface area contributed by atoms with E-state index >= 15 is 0 Å². The lowest BCUT2D eigenvalue weighted by Gasteiger charge is -2.08. The Morgan fingerprint density at radius 1 is 1.22 bits per heavy atom. The second-order valence-corrected chi connectivity index (χ2v) is 6.30. The van der Waals surface area contributed by atoms with E-state index in [2.05, 4.69) is 29.5 Å². The molecule has 0 bridgehead atoms. The largest absolute Gasteiger partial charge is 0.347 e. The number of amides is 1. The van der Waals surface area contributed by atoms with Gasteiger partial charge < -0.3 is 5.32 Å². The van der Waals surface area contributed by atoms with Crippen LogP contribution in [0.3, 0.4) is 0 Å². The topological polar surface area (TPSA) is 46.9 Å². The molecular weight excluding hydrogens is 306 g/mol. The Morgan fingerprint density at radius 2 is 2.04 bits per heavy atom. The van der Waals surface area contributed by atoms with Crippen LogP contribution in [-0.4, -0.2) is 15.7 Å². The van der Waals surface area contributed by atoms with E-state index in [0.717, 1.165) is 17.0 Å². The molecular formula is C18H19N3OS. The van der Waals surface area contributed by atoms with Crippen molar-refractivity contribution in [1.82, 2.24) is 15.1 Å². The molecule has 1 aromatic carbocycles. The minimum atomic E-state index is -0.0606. The predicted molar refractivity (Wildman–Crippen MR) is 92.6 cm³/mol. The Bertz CT molecular complexity index is 763. The van der Waals surface area contributed by atoms with E-state index in [0.29, 0.717) is 18.7 Å². The summed E-state index contributed by atoms with van der Waals surface area (Å²) in [4.78, 5) is 13.6. The Morgan fingerprint density at radius 3 is 2.74 bits per heavy atom. The first-order valence-electron chi connectivity index (χ1n) is 7.67. The zero-order valence-electron chi connectivity index (χ0n) is 13.0. The Balaban J connectivity index is 1.73. The minimum absolute atomic E-state index is 0.0606. The maximum Gasteiger partial charge on any atom is 0.255 e. The third kappa shape index (κ3) is 3.68. The van der Waals surface area contributed by atoms with E-state index in [4.69, 9.17) is 0 Å². The third-order valence-electron chi connectivity index (χ3n) is 3.71. The number of nitrogens with one attached hydrogen (secondary N) is 1. The molecule has 118 valence electrons. The molecule has 1 amide bonds.